The number of benzene rings is 9. The summed E-state index contributed by atoms with van der Waals surface area (Å²) in [5.74, 6) is 1.85. The topological polar surface area (TPSA) is 43.6 Å². The SMILES string of the molecule is c1ccc(-c2ccc(-c3nc(-c4cccc(-c5ccccc5)c4)nc(-c4ccccc4-n4c5ccccc5c5c6sc7c(-c8ccccc8)cccc7c6ccc54)n3)cc2)cc1. The molecule has 0 atom stereocenters. The highest BCUT2D eigenvalue weighted by Gasteiger charge is 2.22. The summed E-state index contributed by atoms with van der Waals surface area (Å²) >= 11 is 1.89. The van der Waals surface area contributed by atoms with Crippen molar-refractivity contribution in [3.05, 3.63) is 218 Å². The third-order valence-corrected chi connectivity index (χ3v) is 13.2. The van der Waals surface area contributed by atoms with Crippen molar-refractivity contribution in [3.63, 3.8) is 0 Å². The maximum Gasteiger partial charge on any atom is 0.166 e. The number of hydrogen-bond acceptors (Lipinski definition) is 4. The van der Waals surface area contributed by atoms with E-state index >= 15 is 0 Å². The van der Waals surface area contributed by atoms with Crippen molar-refractivity contribution in [1.82, 2.24) is 19.5 Å². The van der Waals surface area contributed by atoms with E-state index in [1.165, 1.54) is 47.6 Å². The van der Waals surface area contributed by atoms with Crippen LogP contribution in [0.3, 0.4) is 0 Å². The predicted molar refractivity (Wildman–Crippen MR) is 260 cm³/mol. The number of aromatic nitrogens is 4. The monoisotopic (exact) mass is 808 g/mol. The van der Waals surface area contributed by atoms with Gasteiger partial charge >= 0.3 is 0 Å². The van der Waals surface area contributed by atoms with E-state index in [4.69, 9.17) is 15.0 Å². The van der Waals surface area contributed by atoms with Gasteiger partial charge in [-0.15, -0.1) is 11.3 Å². The Bertz CT molecular complexity index is 3610. The average molecular weight is 809 g/mol. The highest BCUT2D eigenvalue weighted by Crippen LogP contribution is 2.46. The smallest absolute Gasteiger partial charge is 0.166 e. The van der Waals surface area contributed by atoms with E-state index in [0.717, 1.165) is 50.1 Å². The lowest BCUT2D eigenvalue weighted by Crippen LogP contribution is -2.03. The molecule has 0 aliphatic rings. The molecule has 0 radical (unpaired) electrons. The van der Waals surface area contributed by atoms with Gasteiger partial charge < -0.3 is 4.57 Å². The molecule has 0 aliphatic heterocycles. The number of hydrogen-bond donors (Lipinski definition) is 0. The molecular formula is C57H36N4S. The van der Waals surface area contributed by atoms with Crippen molar-refractivity contribution in [1.29, 1.82) is 0 Å². The average Bonchev–Trinajstić information content (AvgIpc) is 3.91. The zero-order chi connectivity index (χ0) is 41.0. The van der Waals surface area contributed by atoms with Gasteiger partial charge in [-0.3, -0.25) is 0 Å². The first kappa shape index (κ1) is 35.9. The van der Waals surface area contributed by atoms with Gasteiger partial charge in [-0.1, -0.05) is 188 Å². The van der Waals surface area contributed by atoms with Crippen LogP contribution in [0, 0.1) is 0 Å². The molecule has 9 aromatic carbocycles. The number of thiophene rings is 1. The standard InChI is InChI=1S/C57H36N4S/c1-4-16-37(17-5-1)39-30-32-41(33-31-39)55-58-56(43-23-14-22-42(36-43)38-18-6-2-7-19-38)60-57(59-55)48-25-11-13-29-50(48)61-49-28-12-10-24-47(49)52-51(61)35-34-46-45-27-15-26-44(53(45)62-54(46)52)40-20-8-3-9-21-40/h1-36H. The summed E-state index contributed by atoms with van der Waals surface area (Å²) in [6, 6.07) is 77.2. The van der Waals surface area contributed by atoms with Crippen molar-refractivity contribution in [2.24, 2.45) is 0 Å². The second-order valence-electron chi connectivity index (χ2n) is 15.6. The van der Waals surface area contributed by atoms with E-state index in [0.29, 0.717) is 17.5 Å². The molecule has 0 saturated carbocycles. The summed E-state index contributed by atoms with van der Waals surface area (Å²) in [5, 5.41) is 5.02. The van der Waals surface area contributed by atoms with Gasteiger partial charge in [-0.2, -0.15) is 0 Å². The Morgan fingerprint density at radius 3 is 1.60 bits per heavy atom. The molecule has 0 bridgehead atoms. The van der Waals surface area contributed by atoms with Gasteiger partial charge in [-0.05, 0) is 63.7 Å². The Morgan fingerprint density at radius 1 is 0.306 bits per heavy atom. The fourth-order valence-corrected chi connectivity index (χ4v) is 10.3. The van der Waals surface area contributed by atoms with E-state index in [2.05, 4.69) is 211 Å². The summed E-state index contributed by atoms with van der Waals surface area (Å²) < 4.78 is 4.99. The summed E-state index contributed by atoms with van der Waals surface area (Å²) in [5.41, 5.74) is 13.1. The van der Waals surface area contributed by atoms with Gasteiger partial charge in [0.2, 0.25) is 0 Å². The van der Waals surface area contributed by atoms with Gasteiger partial charge in [0.25, 0.3) is 0 Å². The molecule has 12 aromatic rings. The summed E-state index contributed by atoms with van der Waals surface area (Å²) in [4.78, 5) is 15.8. The molecule has 0 aliphatic carbocycles. The van der Waals surface area contributed by atoms with Crippen LogP contribution in [0.25, 0.3) is 115 Å². The van der Waals surface area contributed by atoms with Crippen molar-refractivity contribution >= 4 is 53.3 Å². The molecule has 5 heteroatoms. The Morgan fingerprint density at radius 2 is 0.823 bits per heavy atom. The van der Waals surface area contributed by atoms with E-state index in [1.54, 1.807) is 0 Å². The second-order valence-corrected chi connectivity index (χ2v) is 16.6. The van der Waals surface area contributed by atoms with Crippen molar-refractivity contribution < 1.29 is 0 Å². The quantitative estimate of drug-likeness (QED) is 0.161. The molecule has 4 nitrogen and oxygen atoms in total. The summed E-state index contributed by atoms with van der Waals surface area (Å²) in [6.07, 6.45) is 0. The fraction of sp³-hybridized carbons (Fsp3) is 0. The van der Waals surface area contributed by atoms with Gasteiger partial charge in [0, 0.05) is 47.6 Å². The molecule has 3 heterocycles. The van der Waals surface area contributed by atoms with Crippen LogP contribution in [0.15, 0.2) is 218 Å². The maximum absolute atomic E-state index is 5.31. The van der Waals surface area contributed by atoms with Crippen molar-refractivity contribution in [2.75, 3.05) is 0 Å². The van der Waals surface area contributed by atoms with Crippen LogP contribution in [-0.2, 0) is 0 Å². The Balaban J connectivity index is 1.07. The van der Waals surface area contributed by atoms with Crippen LogP contribution in [0.4, 0.5) is 0 Å². The highest BCUT2D eigenvalue weighted by atomic mass is 32.1. The lowest BCUT2D eigenvalue weighted by molar-refractivity contribution is 1.06. The third kappa shape index (κ3) is 6.09. The van der Waals surface area contributed by atoms with E-state index < -0.39 is 0 Å². The minimum Gasteiger partial charge on any atom is -0.308 e. The zero-order valence-corrected chi connectivity index (χ0v) is 34.3. The van der Waals surface area contributed by atoms with Crippen LogP contribution in [0.2, 0.25) is 0 Å². The van der Waals surface area contributed by atoms with Gasteiger partial charge in [0.05, 0.1) is 16.7 Å². The molecule has 12 rings (SSSR count). The molecule has 0 saturated heterocycles. The normalized spacial score (nSPS) is 11.5. The second kappa shape index (κ2) is 14.9. The van der Waals surface area contributed by atoms with Crippen LogP contribution < -0.4 is 0 Å². The minimum atomic E-state index is 0.610. The van der Waals surface area contributed by atoms with E-state index in [9.17, 15) is 0 Å². The molecule has 0 unspecified atom stereocenters. The molecule has 0 amide bonds. The first-order chi connectivity index (χ1) is 30.7. The molecule has 0 fully saturated rings. The summed E-state index contributed by atoms with van der Waals surface area (Å²) in [7, 11) is 0. The molecule has 0 spiro atoms. The maximum atomic E-state index is 5.31. The summed E-state index contributed by atoms with van der Waals surface area (Å²) in [6.45, 7) is 0. The number of nitrogens with zero attached hydrogens (tertiary/aromatic N) is 4. The van der Waals surface area contributed by atoms with E-state index in [-0.39, 0.29) is 0 Å². The zero-order valence-electron chi connectivity index (χ0n) is 33.5. The highest BCUT2D eigenvalue weighted by molar-refractivity contribution is 7.27. The first-order valence-corrected chi connectivity index (χ1v) is 21.7. The van der Waals surface area contributed by atoms with E-state index in [1.807, 2.05) is 23.5 Å². The third-order valence-electron chi connectivity index (χ3n) is 11.9. The number of rotatable bonds is 7. The Kier molecular flexibility index (Phi) is 8.65. The number of para-hydroxylation sites is 2. The first-order valence-electron chi connectivity index (χ1n) is 20.9. The van der Waals surface area contributed by atoms with Crippen LogP contribution >= 0.6 is 11.3 Å². The lowest BCUT2D eigenvalue weighted by Gasteiger charge is -2.15. The van der Waals surface area contributed by atoms with Crippen LogP contribution in [-0.4, -0.2) is 19.5 Å². The van der Waals surface area contributed by atoms with Gasteiger partial charge in [0.15, 0.2) is 17.5 Å². The Labute approximate surface area is 362 Å². The van der Waals surface area contributed by atoms with Crippen molar-refractivity contribution in [3.8, 4) is 73.2 Å². The van der Waals surface area contributed by atoms with Crippen molar-refractivity contribution in [2.45, 2.75) is 0 Å². The van der Waals surface area contributed by atoms with Crippen LogP contribution in [0.5, 0.6) is 0 Å². The largest absolute Gasteiger partial charge is 0.308 e. The molecular weight excluding hydrogens is 773 g/mol. The molecule has 0 N–H and O–H groups in total. The predicted octanol–water partition coefficient (Wildman–Crippen LogP) is 15.3. The van der Waals surface area contributed by atoms with Gasteiger partial charge in [-0.25, -0.2) is 15.0 Å². The Hall–Kier alpha value is -7.99. The molecule has 3 aromatic heterocycles. The minimum absolute atomic E-state index is 0.610. The van der Waals surface area contributed by atoms with Crippen LogP contribution in [0.1, 0.15) is 0 Å². The molecule has 290 valence electrons. The lowest BCUT2D eigenvalue weighted by atomic mass is 10.0. The number of fused-ring (bicyclic) bond motifs is 7. The fourth-order valence-electron chi connectivity index (χ4n) is 8.94. The molecule has 62 heavy (non-hydrogen) atoms. The van der Waals surface area contributed by atoms with Gasteiger partial charge in [0.1, 0.15) is 0 Å².